The standard InChI is InChI=1S/C13H12ClN3/c1-8-4-2-7-11(15-8)13-16-10-6-3-5-9(10)12(14)17-13/h2,4,7H,3,5-6H2,1H3. The lowest BCUT2D eigenvalue weighted by Gasteiger charge is -2.05. The molecule has 0 aliphatic heterocycles. The lowest BCUT2D eigenvalue weighted by atomic mass is 10.2. The van der Waals surface area contributed by atoms with Gasteiger partial charge in [-0.1, -0.05) is 17.7 Å². The minimum Gasteiger partial charge on any atom is -0.250 e. The molecule has 2 aromatic heterocycles. The van der Waals surface area contributed by atoms with Crippen molar-refractivity contribution in [2.75, 3.05) is 0 Å². The van der Waals surface area contributed by atoms with Gasteiger partial charge in [-0.05, 0) is 38.3 Å². The molecule has 0 atom stereocenters. The summed E-state index contributed by atoms with van der Waals surface area (Å²) in [6.45, 7) is 1.96. The van der Waals surface area contributed by atoms with Crippen LogP contribution in [0.4, 0.5) is 0 Å². The maximum absolute atomic E-state index is 6.19. The van der Waals surface area contributed by atoms with Crippen LogP contribution in [0.5, 0.6) is 0 Å². The summed E-state index contributed by atoms with van der Waals surface area (Å²) in [6.07, 6.45) is 3.11. The third-order valence-corrected chi connectivity index (χ3v) is 3.31. The summed E-state index contributed by atoms with van der Waals surface area (Å²) >= 11 is 6.19. The summed E-state index contributed by atoms with van der Waals surface area (Å²) in [5.41, 5.74) is 3.95. The number of hydrogen-bond donors (Lipinski definition) is 0. The Bertz CT molecular complexity index is 581. The van der Waals surface area contributed by atoms with E-state index in [1.165, 1.54) is 0 Å². The number of halogens is 1. The molecule has 0 amide bonds. The Morgan fingerprint density at radius 2 is 2.00 bits per heavy atom. The van der Waals surface area contributed by atoms with Crippen molar-refractivity contribution < 1.29 is 0 Å². The zero-order chi connectivity index (χ0) is 11.8. The molecule has 3 nitrogen and oxygen atoms in total. The van der Waals surface area contributed by atoms with Crippen molar-refractivity contribution in [1.29, 1.82) is 0 Å². The number of aromatic nitrogens is 3. The van der Waals surface area contributed by atoms with Gasteiger partial charge in [-0.2, -0.15) is 0 Å². The Labute approximate surface area is 105 Å². The predicted octanol–water partition coefficient (Wildman–Crippen LogP) is 2.99. The summed E-state index contributed by atoms with van der Waals surface area (Å²) in [6, 6.07) is 5.83. The van der Waals surface area contributed by atoms with E-state index in [-0.39, 0.29) is 0 Å². The highest BCUT2D eigenvalue weighted by Crippen LogP contribution is 2.28. The van der Waals surface area contributed by atoms with Crippen LogP contribution < -0.4 is 0 Å². The number of nitrogens with zero attached hydrogens (tertiary/aromatic N) is 3. The van der Waals surface area contributed by atoms with Crippen LogP contribution >= 0.6 is 11.6 Å². The zero-order valence-electron chi connectivity index (χ0n) is 9.57. The van der Waals surface area contributed by atoms with E-state index in [0.717, 1.165) is 41.9 Å². The first-order chi connectivity index (χ1) is 8.24. The van der Waals surface area contributed by atoms with E-state index in [0.29, 0.717) is 11.0 Å². The molecule has 2 aromatic rings. The van der Waals surface area contributed by atoms with Crippen LogP contribution in [0, 0.1) is 6.92 Å². The highest BCUT2D eigenvalue weighted by Gasteiger charge is 2.19. The Hall–Kier alpha value is -1.48. The van der Waals surface area contributed by atoms with Gasteiger partial charge in [-0.3, -0.25) is 0 Å². The fraction of sp³-hybridized carbons (Fsp3) is 0.308. The van der Waals surface area contributed by atoms with Crippen LogP contribution in [-0.2, 0) is 12.8 Å². The predicted molar refractivity (Wildman–Crippen MR) is 67.0 cm³/mol. The lowest BCUT2D eigenvalue weighted by molar-refractivity contribution is 0.899. The van der Waals surface area contributed by atoms with Gasteiger partial charge < -0.3 is 0 Å². The molecule has 1 aliphatic rings. The van der Waals surface area contributed by atoms with Gasteiger partial charge in [0.1, 0.15) is 10.8 Å². The third-order valence-electron chi connectivity index (χ3n) is 3.00. The molecule has 4 heteroatoms. The largest absolute Gasteiger partial charge is 0.250 e. The summed E-state index contributed by atoms with van der Waals surface area (Å²) < 4.78 is 0. The maximum atomic E-state index is 6.19. The van der Waals surface area contributed by atoms with E-state index < -0.39 is 0 Å². The molecule has 0 N–H and O–H groups in total. The lowest BCUT2D eigenvalue weighted by Crippen LogP contribution is -1.99. The molecule has 3 rings (SSSR count). The highest BCUT2D eigenvalue weighted by molar-refractivity contribution is 6.30. The van der Waals surface area contributed by atoms with Crippen molar-refractivity contribution in [2.45, 2.75) is 26.2 Å². The monoisotopic (exact) mass is 245 g/mol. The Kier molecular flexibility index (Phi) is 2.56. The molecule has 0 radical (unpaired) electrons. The van der Waals surface area contributed by atoms with E-state index in [1.54, 1.807) is 0 Å². The molecular weight excluding hydrogens is 234 g/mol. The van der Waals surface area contributed by atoms with Gasteiger partial charge in [0.2, 0.25) is 0 Å². The summed E-state index contributed by atoms with van der Waals surface area (Å²) in [5, 5.41) is 0.589. The first-order valence-corrected chi connectivity index (χ1v) is 6.11. The molecular formula is C13H12ClN3. The molecule has 0 spiro atoms. The summed E-state index contributed by atoms with van der Waals surface area (Å²) in [7, 11) is 0. The second kappa shape index (κ2) is 4.08. The van der Waals surface area contributed by atoms with Gasteiger partial charge in [0.05, 0.1) is 0 Å². The molecule has 0 bridgehead atoms. The molecule has 17 heavy (non-hydrogen) atoms. The highest BCUT2D eigenvalue weighted by atomic mass is 35.5. The van der Waals surface area contributed by atoms with Crippen molar-refractivity contribution in [3.63, 3.8) is 0 Å². The van der Waals surface area contributed by atoms with Gasteiger partial charge in [-0.25, -0.2) is 15.0 Å². The molecule has 0 aromatic carbocycles. The first kappa shape index (κ1) is 10.7. The van der Waals surface area contributed by atoms with Gasteiger partial charge in [0.15, 0.2) is 5.82 Å². The third kappa shape index (κ3) is 1.91. The SMILES string of the molecule is Cc1cccc(-c2nc(Cl)c3c(n2)CCC3)n1. The smallest absolute Gasteiger partial charge is 0.179 e. The van der Waals surface area contributed by atoms with Crippen LogP contribution in [0.3, 0.4) is 0 Å². The van der Waals surface area contributed by atoms with Crippen molar-refractivity contribution in [3.05, 3.63) is 40.3 Å². The van der Waals surface area contributed by atoms with Crippen molar-refractivity contribution in [2.24, 2.45) is 0 Å². The molecule has 0 saturated heterocycles. The van der Waals surface area contributed by atoms with E-state index in [2.05, 4.69) is 15.0 Å². The number of aryl methyl sites for hydroxylation is 2. The van der Waals surface area contributed by atoms with Crippen LogP contribution in [-0.4, -0.2) is 15.0 Å². The fourth-order valence-electron chi connectivity index (χ4n) is 2.17. The summed E-state index contributed by atoms with van der Waals surface area (Å²) in [5.74, 6) is 0.638. The van der Waals surface area contributed by atoms with Crippen LogP contribution in [0.15, 0.2) is 18.2 Å². The molecule has 86 valence electrons. The zero-order valence-corrected chi connectivity index (χ0v) is 10.3. The average molecular weight is 246 g/mol. The molecule has 2 heterocycles. The van der Waals surface area contributed by atoms with Gasteiger partial charge in [-0.15, -0.1) is 0 Å². The minimum atomic E-state index is 0.589. The minimum absolute atomic E-state index is 0.589. The van der Waals surface area contributed by atoms with Crippen LogP contribution in [0.25, 0.3) is 11.5 Å². The van der Waals surface area contributed by atoms with Crippen molar-refractivity contribution in [3.8, 4) is 11.5 Å². The Morgan fingerprint density at radius 1 is 1.12 bits per heavy atom. The normalized spacial score (nSPS) is 13.8. The summed E-state index contributed by atoms with van der Waals surface area (Å²) in [4.78, 5) is 13.3. The Morgan fingerprint density at radius 3 is 2.82 bits per heavy atom. The molecule has 0 fully saturated rings. The number of rotatable bonds is 1. The van der Waals surface area contributed by atoms with E-state index >= 15 is 0 Å². The maximum Gasteiger partial charge on any atom is 0.179 e. The quantitative estimate of drug-likeness (QED) is 0.725. The number of hydrogen-bond acceptors (Lipinski definition) is 3. The van der Waals surface area contributed by atoms with Crippen LogP contribution in [0.2, 0.25) is 5.15 Å². The van der Waals surface area contributed by atoms with E-state index in [1.807, 2.05) is 25.1 Å². The van der Waals surface area contributed by atoms with Crippen LogP contribution in [0.1, 0.15) is 23.4 Å². The van der Waals surface area contributed by atoms with Crippen molar-refractivity contribution in [1.82, 2.24) is 15.0 Å². The van der Waals surface area contributed by atoms with Gasteiger partial charge in [0.25, 0.3) is 0 Å². The Balaban J connectivity index is 2.13. The first-order valence-electron chi connectivity index (χ1n) is 5.73. The number of fused-ring (bicyclic) bond motifs is 1. The molecule has 0 unspecified atom stereocenters. The molecule has 0 saturated carbocycles. The second-order valence-electron chi connectivity index (χ2n) is 4.28. The topological polar surface area (TPSA) is 38.7 Å². The van der Waals surface area contributed by atoms with Gasteiger partial charge in [0, 0.05) is 17.0 Å². The molecule has 1 aliphatic carbocycles. The number of pyridine rings is 1. The second-order valence-corrected chi connectivity index (χ2v) is 4.64. The van der Waals surface area contributed by atoms with E-state index in [4.69, 9.17) is 11.6 Å². The van der Waals surface area contributed by atoms with E-state index in [9.17, 15) is 0 Å². The van der Waals surface area contributed by atoms with Gasteiger partial charge >= 0.3 is 0 Å². The van der Waals surface area contributed by atoms with Crippen molar-refractivity contribution >= 4 is 11.6 Å². The fourth-order valence-corrected chi connectivity index (χ4v) is 2.45. The average Bonchev–Trinajstić information content (AvgIpc) is 2.77.